The van der Waals surface area contributed by atoms with Crippen molar-refractivity contribution in [2.24, 2.45) is 5.73 Å². The molecule has 5 heteroatoms. The maximum atomic E-state index is 13.0. The van der Waals surface area contributed by atoms with Crippen LogP contribution in [-0.4, -0.2) is 0 Å². The van der Waals surface area contributed by atoms with Crippen LogP contribution in [0.4, 0.5) is 4.39 Å². The van der Waals surface area contributed by atoms with Gasteiger partial charge in [-0.3, -0.25) is 0 Å². The van der Waals surface area contributed by atoms with E-state index in [2.05, 4.69) is 31.9 Å². The third kappa shape index (κ3) is 3.78. The highest BCUT2D eigenvalue weighted by molar-refractivity contribution is 9.10. The third-order valence-electron chi connectivity index (χ3n) is 2.82. The molecule has 0 heterocycles. The summed E-state index contributed by atoms with van der Waals surface area (Å²) in [5, 5.41) is 0.625. The highest BCUT2D eigenvalue weighted by atomic mass is 79.9. The Kier molecular flexibility index (Phi) is 5.01. The summed E-state index contributed by atoms with van der Waals surface area (Å²) < 4.78 is 14.7. The Balaban J connectivity index is 2.23. The molecule has 0 amide bonds. The minimum Gasteiger partial charge on any atom is -0.324 e. The van der Waals surface area contributed by atoms with Crippen molar-refractivity contribution in [3.8, 4) is 0 Å². The zero-order valence-electron chi connectivity index (χ0n) is 9.84. The van der Waals surface area contributed by atoms with E-state index in [1.807, 2.05) is 18.2 Å². The second-order valence-corrected chi connectivity index (χ2v) is 6.39. The Morgan fingerprint density at radius 2 is 1.89 bits per heavy atom. The molecule has 0 spiro atoms. The van der Waals surface area contributed by atoms with Gasteiger partial charge in [-0.25, -0.2) is 4.39 Å². The summed E-state index contributed by atoms with van der Waals surface area (Å²) in [6.07, 6.45) is 0.586. The molecule has 0 saturated carbocycles. The molecule has 2 aromatic carbocycles. The fraction of sp³-hybridized carbons (Fsp3) is 0.143. The lowest BCUT2D eigenvalue weighted by Gasteiger charge is -2.15. The van der Waals surface area contributed by atoms with E-state index < -0.39 is 0 Å². The predicted octanol–water partition coefficient (Wildman–Crippen LogP) is 5.25. The lowest BCUT2D eigenvalue weighted by Crippen LogP contribution is -2.14. The molecule has 100 valence electrons. The van der Waals surface area contributed by atoms with Gasteiger partial charge in [-0.2, -0.15) is 0 Å². The van der Waals surface area contributed by atoms with E-state index in [0.717, 1.165) is 20.1 Å². The van der Waals surface area contributed by atoms with Crippen LogP contribution in [0.5, 0.6) is 0 Å². The number of benzene rings is 2. The number of rotatable bonds is 3. The van der Waals surface area contributed by atoms with Crippen LogP contribution in [0, 0.1) is 5.82 Å². The third-order valence-corrected chi connectivity index (χ3v) is 4.38. The van der Waals surface area contributed by atoms with Crippen LogP contribution < -0.4 is 5.73 Å². The van der Waals surface area contributed by atoms with Crippen LogP contribution in [0.1, 0.15) is 17.2 Å². The maximum Gasteiger partial charge on any atom is 0.124 e. The molecular formula is C14H11Br2ClFN. The molecule has 1 nitrogen and oxygen atoms in total. The van der Waals surface area contributed by atoms with E-state index >= 15 is 0 Å². The molecule has 0 fully saturated rings. The van der Waals surface area contributed by atoms with Gasteiger partial charge in [0.15, 0.2) is 0 Å². The van der Waals surface area contributed by atoms with Crippen LogP contribution in [0.2, 0.25) is 5.02 Å². The summed E-state index contributed by atoms with van der Waals surface area (Å²) in [6, 6.07) is 9.97. The summed E-state index contributed by atoms with van der Waals surface area (Å²) >= 11 is 12.9. The van der Waals surface area contributed by atoms with Gasteiger partial charge in [0.25, 0.3) is 0 Å². The molecule has 2 N–H and O–H groups in total. The summed E-state index contributed by atoms with van der Waals surface area (Å²) in [7, 11) is 0. The number of hydrogen-bond donors (Lipinski definition) is 1. The maximum absolute atomic E-state index is 13.0. The van der Waals surface area contributed by atoms with Crippen molar-refractivity contribution >= 4 is 43.5 Å². The lowest BCUT2D eigenvalue weighted by atomic mass is 10.00. The van der Waals surface area contributed by atoms with Gasteiger partial charge in [0, 0.05) is 20.0 Å². The summed E-state index contributed by atoms with van der Waals surface area (Å²) in [6.45, 7) is 0. The van der Waals surface area contributed by atoms with Crippen molar-refractivity contribution in [1.82, 2.24) is 0 Å². The Bertz CT molecular complexity index is 604. The van der Waals surface area contributed by atoms with Gasteiger partial charge in [0.05, 0.1) is 0 Å². The predicted molar refractivity (Wildman–Crippen MR) is 83.9 cm³/mol. The first kappa shape index (κ1) is 15.0. The van der Waals surface area contributed by atoms with Crippen LogP contribution in [0.25, 0.3) is 0 Å². The topological polar surface area (TPSA) is 26.0 Å². The number of nitrogens with two attached hydrogens (primary N) is 1. The molecule has 0 aromatic heterocycles. The average Bonchev–Trinajstić information content (AvgIpc) is 2.32. The van der Waals surface area contributed by atoms with Crippen LogP contribution >= 0.6 is 43.5 Å². The standard InChI is InChI=1S/C14H11Br2ClFN/c15-9-2-4-11(13(17)6-9)14(19)5-8-1-3-10(18)7-12(8)16/h1-4,6-7,14H,5,19H2. The quantitative estimate of drug-likeness (QED) is 0.739. The van der Waals surface area contributed by atoms with Gasteiger partial charge in [0.1, 0.15) is 5.82 Å². The molecule has 2 rings (SSSR count). The van der Waals surface area contributed by atoms with E-state index in [9.17, 15) is 4.39 Å². The first-order valence-electron chi connectivity index (χ1n) is 5.62. The van der Waals surface area contributed by atoms with Gasteiger partial charge in [-0.15, -0.1) is 0 Å². The zero-order chi connectivity index (χ0) is 14.0. The molecule has 0 aliphatic rings. The smallest absolute Gasteiger partial charge is 0.124 e. The molecule has 0 saturated heterocycles. The Morgan fingerprint density at radius 1 is 1.16 bits per heavy atom. The van der Waals surface area contributed by atoms with Crippen molar-refractivity contribution in [3.05, 3.63) is 67.3 Å². The molecule has 2 aromatic rings. The molecule has 1 unspecified atom stereocenters. The van der Waals surface area contributed by atoms with Gasteiger partial charge < -0.3 is 5.73 Å². The van der Waals surface area contributed by atoms with Gasteiger partial charge >= 0.3 is 0 Å². The van der Waals surface area contributed by atoms with Crippen LogP contribution in [0.15, 0.2) is 45.3 Å². The monoisotopic (exact) mass is 405 g/mol. The Morgan fingerprint density at radius 3 is 2.53 bits per heavy atom. The largest absolute Gasteiger partial charge is 0.324 e. The molecule has 1 atom stereocenters. The normalized spacial score (nSPS) is 12.5. The lowest BCUT2D eigenvalue weighted by molar-refractivity contribution is 0.624. The van der Waals surface area contributed by atoms with Crippen molar-refractivity contribution in [2.75, 3.05) is 0 Å². The number of hydrogen-bond acceptors (Lipinski definition) is 1. The van der Waals surface area contributed by atoms with Crippen molar-refractivity contribution in [1.29, 1.82) is 0 Å². The van der Waals surface area contributed by atoms with Gasteiger partial charge in [0.2, 0.25) is 0 Å². The second kappa shape index (κ2) is 6.35. The summed E-state index contributed by atoms with van der Waals surface area (Å²) in [5.41, 5.74) is 8.00. The van der Waals surface area contributed by atoms with Crippen molar-refractivity contribution < 1.29 is 4.39 Å². The van der Waals surface area contributed by atoms with Crippen LogP contribution in [0.3, 0.4) is 0 Å². The SMILES string of the molecule is NC(Cc1ccc(F)cc1Br)c1ccc(Br)cc1Cl. The van der Waals surface area contributed by atoms with E-state index in [-0.39, 0.29) is 11.9 Å². The molecule has 0 bridgehead atoms. The molecule has 0 aliphatic carbocycles. The van der Waals surface area contributed by atoms with Crippen molar-refractivity contribution in [2.45, 2.75) is 12.5 Å². The number of halogens is 4. The van der Waals surface area contributed by atoms with Crippen molar-refractivity contribution in [3.63, 3.8) is 0 Å². The molecule has 0 radical (unpaired) electrons. The average molecular weight is 408 g/mol. The zero-order valence-corrected chi connectivity index (χ0v) is 13.8. The van der Waals surface area contributed by atoms with E-state index in [1.165, 1.54) is 12.1 Å². The highest BCUT2D eigenvalue weighted by Crippen LogP contribution is 2.29. The molecular weight excluding hydrogens is 396 g/mol. The van der Waals surface area contributed by atoms with E-state index in [1.54, 1.807) is 6.07 Å². The van der Waals surface area contributed by atoms with E-state index in [4.69, 9.17) is 17.3 Å². The van der Waals surface area contributed by atoms with Gasteiger partial charge in [-0.1, -0.05) is 55.6 Å². The first-order valence-corrected chi connectivity index (χ1v) is 7.58. The Labute approximate surface area is 133 Å². The molecule has 19 heavy (non-hydrogen) atoms. The second-order valence-electron chi connectivity index (χ2n) is 4.21. The fourth-order valence-electron chi connectivity index (χ4n) is 1.84. The summed E-state index contributed by atoms with van der Waals surface area (Å²) in [5.74, 6) is -0.272. The van der Waals surface area contributed by atoms with Crippen LogP contribution in [-0.2, 0) is 6.42 Å². The van der Waals surface area contributed by atoms with Gasteiger partial charge in [-0.05, 0) is 41.8 Å². The minimum absolute atomic E-state index is 0.234. The Hall–Kier alpha value is -0.420. The molecule has 0 aliphatic heterocycles. The summed E-state index contributed by atoms with van der Waals surface area (Å²) in [4.78, 5) is 0. The fourth-order valence-corrected chi connectivity index (χ4v) is 3.16. The first-order chi connectivity index (χ1) is 8.97. The highest BCUT2D eigenvalue weighted by Gasteiger charge is 2.13. The minimum atomic E-state index is -0.272. The van der Waals surface area contributed by atoms with E-state index in [0.29, 0.717) is 11.4 Å².